The molecule has 18 heavy (non-hydrogen) atoms. The van der Waals surface area contributed by atoms with E-state index in [1.54, 1.807) is 7.11 Å². The number of benzene rings is 1. The Bertz CT molecular complexity index is 541. The molecule has 1 aromatic carbocycles. The molecule has 1 N–H and O–H groups in total. The van der Waals surface area contributed by atoms with Crippen LogP contribution in [0.3, 0.4) is 0 Å². The lowest BCUT2D eigenvalue weighted by atomic mass is 9.89. The van der Waals surface area contributed by atoms with Crippen LogP contribution in [0, 0.1) is 0 Å². The maximum Gasteiger partial charge on any atom is 0.294 e. The van der Waals surface area contributed by atoms with Crippen molar-refractivity contribution in [3.05, 3.63) is 23.8 Å². The molecule has 2 heterocycles. The van der Waals surface area contributed by atoms with Gasteiger partial charge < -0.3 is 14.6 Å². The van der Waals surface area contributed by atoms with Gasteiger partial charge in [0.25, 0.3) is 6.01 Å². The molecule has 0 atom stereocenters. The maximum atomic E-state index is 5.13. The van der Waals surface area contributed by atoms with Gasteiger partial charge in [0, 0.05) is 0 Å². The van der Waals surface area contributed by atoms with Crippen molar-refractivity contribution in [2.75, 3.05) is 27.2 Å². The Morgan fingerprint density at radius 1 is 1.33 bits per heavy atom. The fourth-order valence-electron chi connectivity index (χ4n) is 2.70. The van der Waals surface area contributed by atoms with Crippen LogP contribution < -0.4 is 4.74 Å². The largest absolute Gasteiger partial charge is 0.468 e. The van der Waals surface area contributed by atoms with E-state index in [9.17, 15) is 0 Å². The Morgan fingerprint density at radius 3 is 2.83 bits per heavy atom. The number of nitrogens with one attached hydrogen (secondary N) is 1. The molecule has 2 aromatic rings. The molecule has 0 unspecified atom stereocenters. The van der Waals surface area contributed by atoms with E-state index in [2.05, 4.69) is 40.1 Å². The Hall–Kier alpha value is -1.55. The minimum Gasteiger partial charge on any atom is -0.468 e. The van der Waals surface area contributed by atoms with Crippen LogP contribution in [0.4, 0.5) is 0 Å². The number of hydrogen-bond acceptors (Lipinski definition) is 3. The number of hydrogen-bond donors (Lipinski definition) is 1. The summed E-state index contributed by atoms with van der Waals surface area (Å²) in [6, 6.07) is 7.10. The van der Waals surface area contributed by atoms with Gasteiger partial charge in [0.05, 0.1) is 18.1 Å². The van der Waals surface area contributed by atoms with Crippen molar-refractivity contribution in [1.29, 1.82) is 0 Å². The van der Waals surface area contributed by atoms with Crippen molar-refractivity contribution < 1.29 is 4.74 Å². The number of imidazole rings is 1. The molecule has 0 amide bonds. The Kier molecular flexibility index (Phi) is 2.96. The highest BCUT2D eigenvalue weighted by Gasteiger charge is 2.18. The highest BCUT2D eigenvalue weighted by atomic mass is 16.5. The molecule has 96 valence electrons. The summed E-state index contributed by atoms with van der Waals surface area (Å²) < 4.78 is 5.13. The molecule has 0 saturated carbocycles. The summed E-state index contributed by atoms with van der Waals surface area (Å²) in [4.78, 5) is 9.93. The van der Waals surface area contributed by atoms with E-state index in [1.165, 1.54) is 31.5 Å². The third-order valence-electron chi connectivity index (χ3n) is 3.87. The van der Waals surface area contributed by atoms with Gasteiger partial charge in [0.1, 0.15) is 0 Å². The molecule has 3 rings (SSSR count). The highest BCUT2D eigenvalue weighted by molar-refractivity contribution is 5.76. The number of fused-ring (bicyclic) bond motifs is 1. The lowest BCUT2D eigenvalue weighted by molar-refractivity contribution is 0.255. The van der Waals surface area contributed by atoms with Gasteiger partial charge in [0.2, 0.25) is 0 Å². The minimum atomic E-state index is 0.588. The molecule has 4 heteroatoms. The van der Waals surface area contributed by atoms with E-state index in [-0.39, 0.29) is 0 Å². The van der Waals surface area contributed by atoms with Crippen LogP contribution in [-0.4, -0.2) is 42.1 Å². The highest BCUT2D eigenvalue weighted by Crippen LogP contribution is 2.29. The number of methoxy groups -OCH3 is 1. The average Bonchev–Trinajstić information content (AvgIpc) is 2.81. The molecule has 1 aromatic heterocycles. The summed E-state index contributed by atoms with van der Waals surface area (Å²) in [6.07, 6.45) is 2.49. The van der Waals surface area contributed by atoms with Crippen LogP contribution in [0.2, 0.25) is 0 Å². The first-order valence-corrected chi connectivity index (χ1v) is 6.48. The maximum absolute atomic E-state index is 5.13. The van der Waals surface area contributed by atoms with Crippen LogP contribution in [0.15, 0.2) is 18.2 Å². The van der Waals surface area contributed by atoms with Crippen molar-refractivity contribution in [2.24, 2.45) is 0 Å². The zero-order valence-corrected chi connectivity index (χ0v) is 10.9. The van der Waals surface area contributed by atoms with Crippen molar-refractivity contribution in [3.8, 4) is 6.01 Å². The molecular weight excluding hydrogens is 226 g/mol. The van der Waals surface area contributed by atoms with E-state index in [0.29, 0.717) is 11.9 Å². The van der Waals surface area contributed by atoms with Crippen molar-refractivity contribution >= 4 is 11.0 Å². The van der Waals surface area contributed by atoms with Gasteiger partial charge in [-0.25, -0.2) is 0 Å². The molecule has 1 fully saturated rings. The van der Waals surface area contributed by atoms with Crippen molar-refractivity contribution in [1.82, 2.24) is 14.9 Å². The summed E-state index contributed by atoms with van der Waals surface area (Å²) in [7, 11) is 3.83. The minimum absolute atomic E-state index is 0.588. The van der Waals surface area contributed by atoms with Crippen LogP contribution in [-0.2, 0) is 0 Å². The number of likely N-dealkylation sites (tertiary alicyclic amines) is 1. The molecule has 4 nitrogen and oxygen atoms in total. The fourth-order valence-corrected chi connectivity index (χ4v) is 2.70. The van der Waals surface area contributed by atoms with Gasteiger partial charge in [-0.15, -0.1) is 0 Å². The van der Waals surface area contributed by atoms with E-state index >= 15 is 0 Å². The lowest BCUT2D eigenvalue weighted by Crippen LogP contribution is -2.29. The number of aromatic nitrogens is 2. The summed E-state index contributed by atoms with van der Waals surface area (Å²) in [5.41, 5.74) is 3.47. The molecule has 0 radical (unpaired) electrons. The zero-order chi connectivity index (χ0) is 12.5. The Morgan fingerprint density at radius 2 is 2.11 bits per heavy atom. The second-order valence-corrected chi connectivity index (χ2v) is 5.10. The monoisotopic (exact) mass is 245 g/mol. The Labute approximate surface area is 107 Å². The van der Waals surface area contributed by atoms with Crippen LogP contribution in [0.25, 0.3) is 11.0 Å². The third kappa shape index (κ3) is 2.08. The standard InChI is InChI=1S/C14H19N3O/c1-17-7-5-10(6-8-17)11-3-4-12-13(9-11)16-14(15-12)18-2/h3-4,9-10H,5-8H2,1-2H3,(H,15,16). The molecule has 1 aliphatic rings. The van der Waals surface area contributed by atoms with E-state index < -0.39 is 0 Å². The number of nitrogens with zero attached hydrogens (tertiary/aromatic N) is 2. The second kappa shape index (κ2) is 4.61. The quantitative estimate of drug-likeness (QED) is 0.883. The number of H-pyrrole nitrogens is 1. The summed E-state index contributed by atoms with van der Waals surface area (Å²) in [5.74, 6) is 0.680. The third-order valence-corrected chi connectivity index (χ3v) is 3.87. The van der Waals surface area contributed by atoms with E-state index in [4.69, 9.17) is 4.74 Å². The van der Waals surface area contributed by atoms with Gasteiger partial charge in [-0.05, 0) is 56.6 Å². The summed E-state index contributed by atoms with van der Waals surface area (Å²) in [5, 5.41) is 0. The average molecular weight is 245 g/mol. The van der Waals surface area contributed by atoms with Crippen LogP contribution in [0.1, 0.15) is 24.3 Å². The summed E-state index contributed by atoms with van der Waals surface area (Å²) >= 11 is 0. The molecule has 0 bridgehead atoms. The topological polar surface area (TPSA) is 41.1 Å². The smallest absolute Gasteiger partial charge is 0.294 e. The number of aromatic amines is 1. The first-order chi connectivity index (χ1) is 8.76. The predicted molar refractivity (Wildman–Crippen MR) is 72.1 cm³/mol. The Balaban J connectivity index is 1.88. The summed E-state index contributed by atoms with van der Waals surface area (Å²) in [6.45, 7) is 2.38. The first-order valence-electron chi connectivity index (χ1n) is 6.48. The van der Waals surface area contributed by atoms with Crippen LogP contribution in [0.5, 0.6) is 6.01 Å². The van der Waals surface area contributed by atoms with Gasteiger partial charge >= 0.3 is 0 Å². The number of ether oxygens (including phenoxy) is 1. The number of piperidine rings is 1. The lowest BCUT2D eigenvalue weighted by Gasteiger charge is -2.29. The van der Waals surface area contributed by atoms with E-state index in [0.717, 1.165) is 11.0 Å². The van der Waals surface area contributed by atoms with E-state index in [1.807, 2.05) is 0 Å². The molecular formula is C14H19N3O. The van der Waals surface area contributed by atoms with Crippen molar-refractivity contribution in [2.45, 2.75) is 18.8 Å². The van der Waals surface area contributed by atoms with Crippen LogP contribution >= 0.6 is 0 Å². The molecule has 0 aliphatic carbocycles. The zero-order valence-electron chi connectivity index (χ0n) is 10.9. The molecule has 1 saturated heterocycles. The molecule has 0 spiro atoms. The van der Waals surface area contributed by atoms with Gasteiger partial charge in [-0.2, -0.15) is 4.98 Å². The fraction of sp³-hybridized carbons (Fsp3) is 0.500. The predicted octanol–water partition coefficient (Wildman–Crippen LogP) is 2.38. The van der Waals surface area contributed by atoms with Gasteiger partial charge in [-0.1, -0.05) is 6.07 Å². The van der Waals surface area contributed by atoms with Gasteiger partial charge in [-0.3, -0.25) is 0 Å². The normalized spacial score (nSPS) is 18.3. The van der Waals surface area contributed by atoms with Gasteiger partial charge in [0.15, 0.2) is 0 Å². The van der Waals surface area contributed by atoms with Crippen molar-refractivity contribution in [3.63, 3.8) is 0 Å². The molecule has 1 aliphatic heterocycles. The SMILES string of the molecule is COc1nc2ccc(C3CCN(C)CC3)cc2[nH]1. The second-order valence-electron chi connectivity index (χ2n) is 5.10. The number of rotatable bonds is 2. The first kappa shape index (κ1) is 11.5.